The van der Waals surface area contributed by atoms with Gasteiger partial charge in [-0.05, 0) is 24.3 Å². The van der Waals surface area contributed by atoms with Gasteiger partial charge in [0.15, 0.2) is 5.78 Å². The Morgan fingerprint density at radius 2 is 1.80 bits per heavy atom. The molecule has 20 heavy (non-hydrogen) atoms. The molecule has 0 aliphatic rings. The molecule has 3 nitrogen and oxygen atoms in total. The highest BCUT2D eigenvalue weighted by Crippen LogP contribution is 2.18. The number of carbonyl (C=O) groups is 2. The van der Waals surface area contributed by atoms with E-state index in [9.17, 15) is 14.0 Å². The monoisotopic (exact) mass is 269 g/mol. The normalized spacial score (nSPS) is 9.85. The van der Waals surface area contributed by atoms with Crippen LogP contribution in [0.1, 0.15) is 15.9 Å². The van der Waals surface area contributed by atoms with Crippen molar-refractivity contribution in [1.29, 1.82) is 0 Å². The maximum Gasteiger partial charge on any atom is 0.247 e. The van der Waals surface area contributed by atoms with Crippen LogP contribution < -0.4 is 5.32 Å². The summed E-state index contributed by atoms with van der Waals surface area (Å²) in [5.41, 5.74) is 0.646. The lowest BCUT2D eigenvalue weighted by Crippen LogP contribution is -2.10. The molecule has 0 bridgehead atoms. The number of ketones is 1. The first-order chi connectivity index (χ1) is 9.61. The van der Waals surface area contributed by atoms with Crippen LogP contribution in [0.5, 0.6) is 0 Å². The zero-order valence-corrected chi connectivity index (χ0v) is 10.6. The topological polar surface area (TPSA) is 46.2 Å². The summed E-state index contributed by atoms with van der Waals surface area (Å²) in [5, 5.41) is 2.49. The van der Waals surface area contributed by atoms with E-state index in [-0.39, 0.29) is 5.56 Å². The molecule has 0 saturated carbocycles. The van der Waals surface area contributed by atoms with E-state index in [0.29, 0.717) is 11.3 Å². The third-order valence-electron chi connectivity index (χ3n) is 2.70. The van der Waals surface area contributed by atoms with Crippen molar-refractivity contribution in [2.75, 3.05) is 5.32 Å². The number of hydrogen-bond acceptors (Lipinski definition) is 2. The van der Waals surface area contributed by atoms with Crippen molar-refractivity contribution < 1.29 is 14.0 Å². The zero-order chi connectivity index (χ0) is 14.5. The molecule has 100 valence electrons. The van der Waals surface area contributed by atoms with Gasteiger partial charge in [-0.1, -0.05) is 36.9 Å². The van der Waals surface area contributed by atoms with Gasteiger partial charge in [0.2, 0.25) is 5.91 Å². The number of benzene rings is 2. The number of anilines is 1. The average molecular weight is 269 g/mol. The van der Waals surface area contributed by atoms with Gasteiger partial charge in [-0.25, -0.2) is 4.39 Å². The average Bonchev–Trinajstić information content (AvgIpc) is 2.49. The van der Waals surface area contributed by atoms with Crippen LogP contribution in [0.4, 0.5) is 10.1 Å². The number of carbonyl (C=O) groups excluding carboxylic acids is 2. The molecule has 1 amide bonds. The van der Waals surface area contributed by atoms with E-state index in [1.165, 1.54) is 12.1 Å². The molecule has 2 aromatic rings. The summed E-state index contributed by atoms with van der Waals surface area (Å²) in [5.74, 6) is -1.48. The molecule has 4 heteroatoms. The molecular formula is C16H12FNO2. The predicted molar refractivity (Wildman–Crippen MR) is 75.1 cm³/mol. The van der Waals surface area contributed by atoms with Crippen molar-refractivity contribution in [2.45, 2.75) is 0 Å². The van der Waals surface area contributed by atoms with E-state index < -0.39 is 17.5 Å². The number of amides is 1. The minimum Gasteiger partial charge on any atom is -0.323 e. The summed E-state index contributed by atoms with van der Waals surface area (Å²) in [6.07, 6.45) is 1.10. The fourth-order valence-corrected chi connectivity index (χ4v) is 1.72. The summed E-state index contributed by atoms with van der Waals surface area (Å²) in [7, 11) is 0. The summed E-state index contributed by atoms with van der Waals surface area (Å²) >= 11 is 0. The summed E-state index contributed by atoms with van der Waals surface area (Å²) in [6.45, 7) is 3.33. The van der Waals surface area contributed by atoms with Gasteiger partial charge in [-0.3, -0.25) is 9.59 Å². The maximum atomic E-state index is 13.8. The van der Waals surface area contributed by atoms with Crippen LogP contribution in [0.3, 0.4) is 0 Å². The van der Waals surface area contributed by atoms with Gasteiger partial charge in [0, 0.05) is 11.3 Å². The van der Waals surface area contributed by atoms with Crippen molar-refractivity contribution in [2.24, 2.45) is 0 Å². The van der Waals surface area contributed by atoms with Crippen LogP contribution in [-0.4, -0.2) is 11.7 Å². The molecule has 0 saturated heterocycles. The number of nitrogens with one attached hydrogen (secondary N) is 1. The second kappa shape index (κ2) is 5.93. The van der Waals surface area contributed by atoms with E-state index in [2.05, 4.69) is 11.9 Å². The molecule has 0 aromatic heterocycles. The smallest absolute Gasteiger partial charge is 0.247 e. The Morgan fingerprint density at radius 1 is 1.10 bits per heavy atom. The fraction of sp³-hybridized carbons (Fsp3) is 0. The molecule has 2 rings (SSSR count). The molecule has 2 aromatic carbocycles. The fourth-order valence-electron chi connectivity index (χ4n) is 1.72. The zero-order valence-electron chi connectivity index (χ0n) is 10.6. The summed E-state index contributed by atoms with van der Waals surface area (Å²) in [4.78, 5) is 23.4. The molecule has 0 radical (unpaired) electrons. The van der Waals surface area contributed by atoms with Crippen molar-refractivity contribution >= 4 is 17.4 Å². The second-order valence-electron chi connectivity index (χ2n) is 4.08. The molecular weight excluding hydrogens is 257 g/mol. The maximum absolute atomic E-state index is 13.8. The lowest BCUT2D eigenvalue weighted by molar-refractivity contribution is -0.111. The Bertz CT molecular complexity index is 665. The molecule has 0 aliphatic carbocycles. The van der Waals surface area contributed by atoms with E-state index >= 15 is 0 Å². The lowest BCUT2D eigenvalue weighted by Gasteiger charge is -2.07. The Balaban J connectivity index is 2.36. The van der Waals surface area contributed by atoms with Crippen LogP contribution in [0, 0.1) is 5.82 Å². The van der Waals surface area contributed by atoms with E-state index in [1.54, 1.807) is 30.3 Å². The Hall–Kier alpha value is -2.75. The van der Waals surface area contributed by atoms with E-state index in [1.807, 2.05) is 0 Å². The summed E-state index contributed by atoms with van der Waals surface area (Å²) < 4.78 is 13.8. The molecule has 0 spiro atoms. The first kappa shape index (κ1) is 13.7. The van der Waals surface area contributed by atoms with Crippen LogP contribution >= 0.6 is 0 Å². The van der Waals surface area contributed by atoms with Crippen molar-refractivity contribution in [3.63, 3.8) is 0 Å². The Labute approximate surface area is 115 Å². The van der Waals surface area contributed by atoms with Gasteiger partial charge in [0.1, 0.15) is 5.82 Å². The number of rotatable bonds is 4. The molecule has 0 atom stereocenters. The minimum absolute atomic E-state index is 0.0851. The lowest BCUT2D eigenvalue weighted by atomic mass is 10.0. The van der Waals surface area contributed by atoms with Crippen LogP contribution in [0.15, 0.2) is 61.2 Å². The molecule has 1 N–H and O–H groups in total. The molecule has 0 unspecified atom stereocenters. The highest BCUT2D eigenvalue weighted by atomic mass is 19.1. The first-order valence-electron chi connectivity index (χ1n) is 5.94. The summed E-state index contributed by atoms with van der Waals surface area (Å²) in [6, 6.07) is 12.2. The van der Waals surface area contributed by atoms with Crippen LogP contribution in [0.25, 0.3) is 0 Å². The quantitative estimate of drug-likeness (QED) is 0.684. The van der Waals surface area contributed by atoms with Crippen LogP contribution in [-0.2, 0) is 4.79 Å². The highest BCUT2D eigenvalue weighted by Gasteiger charge is 2.14. The third-order valence-corrected chi connectivity index (χ3v) is 2.70. The van der Waals surface area contributed by atoms with E-state index in [0.717, 1.165) is 12.1 Å². The number of halogens is 1. The highest BCUT2D eigenvalue weighted by molar-refractivity contribution is 6.10. The van der Waals surface area contributed by atoms with Gasteiger partial charge < -0.3 is 5.32 Å². The third kappa shape index (κ3) is 2.98. The molecule has 0 heterocycles. The standard InChI is InChI=1S/C16H12FNO2/c1-2-15(19)18-12-8-9-14(17)13(10-12)16(20)11-6-4-3-5-7-11/h2-10H,1H2,(H,18,19). The Kier molecular flexibility index (Phi) is 4.05. The number of hydrogen-bond donors (Lipinski definition) is 1. The van der Waals surface area contributed by atoms with Crippen molar-refractivity contribution in [3.8, 4) is 0 Å². The largest absolute Gasteiger partial charge is 0.323 e. The van der Waals surface area contributed by atoms with Crippen molar-refractivity contribution in [3.05, 3.63) is 78.1 Å². The molecule has 0 aliphatic heterocycles. The van der Waals surface area contributed by atoms with Crippen molar-refractivity contribution in [1.82, 2.24) is 0 Å². The Morgan fingerprint density at radius 3 is 2.45 bits per heavy atom. The minimum atomic E-state index is -0.629. The molecule has 0 fully saturated rings. The van der Waals surface area contributed by atoms with Gasteiger partial charge in [0.25, 0.3) is 0 Å². The van der Waals surface area contributed by atoms with Gasteiger partial charge in [0.05, 0.1) is 5.56 Å². The first-order valence-corrected chi connectivity index (χ1v) is 5.94. The van der Waals surface area contributed by atoms with Gasteiger partial charge in [-0.15, -0.1) is 0 Å². The SMILES string of the molecule is C=CC(=O)Nc1ccc(F)c(C(=O)c2ccccc2)c1. The van der Waals surface area contributed by atoms with Gasteiger partial charge >= 0.3 is 0 Å². The second-order valence-corrected chi connectivity index (χ2v) is 4.08. The van der Waals surface area contributed by atoms with Crippen LogP contribution in [0.2, 0.25) is 0 Å². The predicted octanol–water partition coefficient (Wildman–Crippen LogP) is 3.18. The van der Waals surface area contributed by atoms with E-state index in [4.69, 9.17) is 0 Å². The van der Waals surface area contributed by atoms with Gasteiger partial charge in [-0.2, -0.15) is 0 Å².